The normalized spacial score (nSPS) is 29.7. The van der Waals surface area contributed by atoms with Gasteiger partial charge in [0.25, 0.3) is 0 Å². The molecule has 33 heavy (non-hydrogen) atoms. The van der Waals surface area contributed by atoms with Gasteiger partial charge in [0.15, 0.2) is 0 Å². The predicted octanol–water partition coefficient (Wildman–Crippen LogP) is 8.32. The molecular formula is C33H34. The molecule has 7 rings (SSSR count). The van der Waals surface area contributed by atoms with Gasteiger partial charge in [0.05, 0.1) is 0 Å². The second kappa shape index (κ2) is 7.20. The van der Waals surface area contributed by atoms with Gasteiger partial charge in [0.1, 0.15) is 0 Å². The van der Waals surface area contributed by atoms with Crippen molar-refractivity contribution in [2.24, 2.45) is 29.6 Å². The van der Waals surface area contributed by atoms with Crippen molar-refractivity contribution in [1.82, 2.24) is 0 Å². The zero-order chi connectivity index (χ0) is 22.3. The van der Waals surface area contributed by atoms with E-state index in [1.807, 2.05) is 0 Å². The van der Waals surface area contributed by atoms with Crippen LogP contribution in [0.25, 0.3) is 21.5 Å². The van der Waals surface area contributed by atoms with Crippen LogP contribution in [0.5, 0.6) is 0 Å². The summed E-state index contributed by atoms with van der Waals surface area (Å²) in [6.07, 6.45) is 4.89. The molecule has 2 fully saturated rings. The van der Waals surface area contributed by atoms with E-state index in [1.54, 1.807) is 16.7 Å². The molecule has 0 N–H and O–H groups in total. The Morgan fingerprint density at radius 3 is 2.00 bits per heavy atom. The van der Waals surface area contributed by atoms with Crippen LogP contribution in [-0.4, -0.2) is 0 Å². The third-order valence-corrected chi connectivity index (χ3v) is 10.0. The molecule has 0 aliphatic heterocycles. The zero-order valence-electron chi connectivity index (χ0n) is 20.1. The molecule has 0 heteroatoms. The first kappa shape index (κ1) is 19.8. The molecule has 3 aliphatic carbocycles. The summed E-state index contributed by atoms with van der Waals surface area (Å²) in [5, 5.41) is 5.79. The Kier molecular flexibility index (Phi) is 4.33. The number of aryl methyl sites for hydroxylation is 1. The van der Waals surface area contributed by atoms with Crippen LogP contribution in [-0.2, 0) is 19.3 Å². The van der Waals surface area contributed by atoms with Crippen molar-refractivity contribution in [3.8, 4) is 0 Å². The minimum atomic E-state index is 0.841. The molecule has 0 heterocycles. The first-order chi connectivity index (χ1) is 16.2. The van der Waals surface area contributed by atoms with E-state index in [0.29, 0.717) is 0 Å². The summed E-state index contributed by atoms with van der Waals surface area (Å²) in [5.74, 6) is 5.48. The van der Waals surface area contributed by atoms with Crippen LogP contribution in [0, 0.1) is 29.6 Å². The van der Waals surface area contributed by atoms with Crippen molar-refractivity contribution in [2.45, 2.75) is 52.4 Å². The highest BCUT2D eigenvalue weighted by Crippen LogP contribution is 2.67. The molecule has 0 spiro atoms. The number of benzene rings is 4. The number of rotatable bonds is 3. The lowest BCUT2D eigenvalue weighted by Crippen LogP contribution is -2.41. The average Bonchev–Trinajstić information content (AvgIpc) is 3.29. The van der Waals surface area contributed by atoms with Gasteiger partial charge in [-0.2, -0.15) is 0 Å². The topological polar surface area (TPSA) is 0 Å². The van der Waals surface area contributed by atoms with E-state index in [9.17, 15) is 0 Å². The van der Waals surface area contributed by atoms with E-state index in [1.165, 1.54) is 45.5 Å². The fourth-order valence-corrected chi connectivity index (χ4v) is 8.49. The van der Waals surface area contributed by atoms with Crippen LogP contribution >= 0.6 is 0 Å². The lowest BCUT2D eigenvalue weighted by molar-refractivity contribution is 0.0482. The van der Waals surface area contributed by atoms with Gasteiger partial charge < -0.3 is 0 Å². The molecular weight excluding hydrogens is 396 g/mol. The summed E-state index contributed by atoms with van der Waals surface area (Å²) >= 11 is 0. The molecule has 2 saturated carbocycles. The average molecular weight is 431 g/mol. The van der Waals surface area contributed by atoms with Crippen molar-refractivity contribution in [2.75, 3.05) is 0 Å². The minimum absolute atomic E-state index is 0.841. The maximum Gasteiger partial charge on any atom is -0.00106 e. The largest absolute Gasteiger partial charge is 0.0622 e. The fraction of sp³-hybridized carbons (Fsp3) is 0.394. The van der Waals surface area contributed by atoms with Gasteiger partial charge in [-0.3, -0.25) is 0 Å². The van der Waals surface area contributed by atoms with Crippen LogP contribution < -0.4 is 0 Å². The fourth-order valence-electron chi connectivity index (χ4n) is 8.49. The van der Waals surface area contributed by atoms with Gasteiger partial charge in [-0.1, -0.05) is 87.5 Å². The molecule has 4 aromatic carbocycles. The number of hydrogen-bond acceptors (Lipinski definition) is 0. The summed E-state index contributed by atoms with van der Waals surface area (Å²) in [4.78, 5) is 0. The monoisotopic (exact) mass is 430 g/mol. The summed E-state index contributed by atoms with van der Waals surface area (Å²) < 4.78 is 0. The van der Waals surface area contributed by atoms with Crippen molar-refractivity contribution in [1.29, 1.82) is 0 Å². The Morgan fingerprint density at radius 1 is 0.727 bits per heavy atom. The van der Waals surface area contributed by atoms with Crippen LogP contribution in [0.15, 0.2) is 66.7 Å². The lowest BCUT2D eigenvalue weighted by Gasteiger charge is -2.47. The number of hydrogen-bond donors (Lipinski definition) is 0. The Labute approximate surface area is 198 Å². The van der Waals surface area contributed by atoms with Crippen molar-refractivity contribution in [3.63, 3.8) is 0 Å². The Bertz CT molecular complexity index is 1340. The van der Waals surface area contributed by atoms with Crippen LogP contribution in [0.2, 0.25) is 0 Å². The Balaban J connectivity index is 1.37. The molecule has 0 radical (unpaired) electrons. The van der Waals surface area contributed by atoms with Crippen LogP contribution in [0.1, 0.15) is 60.9 Å². The third-order valence-electron chi connectivity index (χ3n) is 10.0. The third kappa shape index (κ3) is 2.64. The van der Waals surface area contributed by atoms with Gasteiger partial charge >= 0.3 is 0 Å². The van der Waals surface area contributed by atoms with Gasteiger partial charge in [0.2, 0.25) is 0 Å². The summed E-state index contributed by atoms with van der Waals surface area (Å²) in [6.45, 7) is 7.32. The maximum absolute atomic E-state index is 2.53. The van der Waals surface area contributed by atoms with Gasteiger partial charge in [-0.05, 0) is 111 Å². The van der Waals surface area contributed by atoms with Crippen molar-refractivity contribution < 1.29 is 0 Å². The molecule has 3 aliphatic rings. The minimum Gasteiger partial charge on any atom is -0.0622 e. The van der Waals surface area contributed by atoms with E-state index in [0.717, 1.165) is 48.3 Å². The second-order valence-electron chi connectivity index (χ2n) is 11.3. The lowest BCUT2D eigenvalue weighted by atomic mass is 9.57. The van der Waals surface area contributed by atoms with E-state index in [4.69, 9.17) is 0 Å². The number of fused-ring (bicyclic) bond motifs is 8. The first-order valence-electron chi connectivity index (χ1n) is 13.2. The molecule has 166 valence electrons. The molecule has 0 bridgehead atoms. The molecule has 0 amide bonds. The van der Waals surface area contributed by atoms with Gasteiger partial charge in [-0.15, -0.1) is 0 Å². The summed E-state index contributed by atoms with van der Waals surface area (Å²) in [5.41, 5.74) is 8.01. The Hall–Kier alpha value is -2.60. The Morgan fingerprint density at radius 2 is 1.36 bits per heavy atom. The van der Waals surface area contributed by atoms with Gasteiger partial charge in [-0.25, -0.2) is 0 Å². The predicted molar refractivity (Wildman–Crippen MR) is 140 cm³/mol. The first-order valence-corrected chi connectivity index (χ1v) is 13.2. The standard InChI is InChI=1S/C33H34/c1-4-22-23-11-5-7-13-25(23)29(26-14-8-6-12-24(22)26)17-21-10-9-15-27-28(21)18-31-32-20(3)19(2)16-30(32)33(27)31/h5-15,19-20,30-33H,4,16-18H2,1-3H3/t19-,20-,30+,31?,32-,33+/m1/s1. The molecule has 4 aromatic rings. The van der Waals surface area contributed by atoms with E-state index >= 15 is 0 Å². The maximum atomic E-state index is 2.53. The van der Waals surface area contributed by atoms with E-state index in [-0.39, 0.29) is 0 Å². The summed E-state index contributed by atoms with van der Waals surface area (Å²) in [7, 11) is 0. The zero-order valence-corrected chi connectivity index (χ0v) is 20.1. The quantitative estimate of drug-likeness (QED) is 0.287. The van der Waals surface area contributed by atoms with E-state index in [2.05, 4.69) is 87.5 Å². The molecule has 0 nitrogen and oxygen atoms in total. The molecule has 0 saturated heterocycles. The smallest absolute Gasteiger partial charge is 0.00106 e. The van der Waals surface area contributed by atoms with E-state index < -0.39 is 0 Å². The molecule has 1 unspecified atom stereocenters. The highest BCUT2D eigenvalue weighted by atomic mass is 14.6. The highest BCUT2D eigenvalue weighted by molar-refractivity contribution is 6.06. The van der Waals surface area contributed by atoms with Crippen LogP contribution in [0.3, 0.4) is 0 Å². The van der Waals surface area contributed by atoms with Gasteiger partial charge in [0, 0.05) is 0 Å². The van der Waals surface area contributed by atoms with Crippen LogP contribution in [0.4, 0.5) is 0 Å². The second-order valence-corrected chi connectivity index (χ2v) is 11.3. The highest BCUT2D eigenvalue weighted by Gasteiger charge is 2.60. The summed E-state index contributed by atoms with van der Waals surface area (Å²) in [6, 6.07) is 25.5. The van der Waals surface area contributed by atoms with Crippen molar-refractivity contribution >= 4 is 21.5 Å². The molecule has 6 atom stereocenters. The van der Waals surface area contributed by atoms with Crippen molar-refractivity contribution in [3.05, 3.63) is 94.5 Å². The SMILES string of the molecule is CCc1c2ccccc2c(Cc2cccc3c2CC2[C@@H]4[C@H](C)[C@H](C)C[C@@H]4[C@H]32)c2ccccc12. The molecule has 0 aromatic heterocycles.